The Balaban J connectivity index is 1.19. The second-order valence-corrected chi connectivity index (χ2v) is 9.34. The van der Waals surface area contributed by atoms with Gasteiger partial charge >= 0.3 is 0 Å². The zero-order valence-electron chi connectivity index (χ0n) is 18.4. The number of H-pyrrole nitrogens is 1. The fourth-order valence-electron chi connectivity index (χ4n) is 5.07. The molecule has 6 nitrogen and oxygen atoms in total. The largest absolute Gasteiger partial charge is 0.340 e. The van der Waals surface area contributed by atoms with Crippen LogP contribution in [0.5, 0.6) is 0 Å². The fourth-order valence-corrected chi connectivity index (χ4v) is 5.35. The minimum absolute atomic E-state index is 0.0359. The first-order valence-corrected chi connectivity index (χ1v) is 12.3. The molecule has 2 heterocycles. The first-order chi connectivity index (χ1) is 15.1. The molecular formula is C24H34N4O2S. The fraction of sp³-hybridized carbons (Fsp3) is 0.625. The van der Waals surface area contributed by atoms with Crippen LogP contribution in [0.2, 0.25) is 0 Å². The van der Waals surface area contributed by atoms with Crippen LogP contribution in [0.4, 0.5) is 0 Å². The van der Waals surface area contributed by atoms with Crippen LogP contribution in [0.3, 0.4) is 0 Å². The molecule has 0 atom stereocenters. The highest BCUT2D eigenvalue weighted by molar-refractivity contribution is 7.71. The Morgan fingerprint density at radius 3 is 2.52 bits per heavy atom. The summed E-state index contributed by atoms with van der Waals surface area (Å²) in [4.78, 5) is 33.1. The normalized spacial score (nSPS) is 18.5. The summed E-state index contributed by atoms with van der Waals surface area (Å²) < 4.78 is 2.11. The lowest BCUT2D eigenvalue weighted by molar-refractivity contribution is -0.133. The number of hydrogen-bond donors (Lipinski definition) is 1. The van der Waals surface area contributed by atoms with Gasteiger partial charge in [0, 0.05) is 45.2 Å². The smallest absolute Gasteiger partial charge is 0.262 e. The van der Waals surface area contributed by atoms with Crippen LogP contribution in [-0.4, -0.2) is 57.5 Å². The number of carbonyl (C=O) groups excluding carboxylic acids is 1. The predicted molar refractivity (Wildman–Crippen MR) is 127 cm³/mol. The summed E-state index contributed by atoms with van der Waals surface area (Å²) in [5, 5.41) is 0.665. The molecule has 1 aromatic heterocycles. The van der Waals surface area contributed by atoms with Crippen LogP contribution in [0.1, 0.15) is 57.8 Å². The third-order valence-corrected chi connectivity index (χ3v) is 7.24. The highest BCUT2D eigenvalue weighted by atomic mass is 32.1. The van der Waals surface area contributed by atoms with Gasteiger partial charge in [0.25, 0.3) is 5.56 Å². The van der Waals surface area contributed by atoms with Crippen LogP contribution in [0, 0.1) is 4.77 Å². The van der Waals surface area contributed by atoms with E-state index in [1.54, 1.807) is 4.57 Å². The molecule has 0 unspecified atom stereocenters. The number of hydrogen-bond acceptors (Lipinski definition) is 4. The number of rotatable bonds is 7. The molecule has 1 aliphatic carbocycles. The number of piperazine rings is 1. The summed E-state index contributed by atoms with van der Waals surface area (Å²) in [7, 11) is 0. The zero-order chi connectivity index (χ0) is 21.6. The Labute approximate surface area is 189 Å². The van der Waals surface area contributed by atoms with Crippen molar-refractivity contribution in [3.05, 3.63) is 39.4 Å². The van der Waals surface area contributed by atoms with Crippen molar-refractivity contribution < 1.29 is 4.79 Å². The monoisotopic (exact) mass is 442 g/mol. The molecule has 0 spiro atoms. The van der Waals surface area contributed by atoms with Crippen LogP contribution >= 0.6 is 12.2 Å². The number of amides is 1. The summed E-state index contributed by atoms with van der Waals surface area (Å²) >= 11 is 5.37. The van der Waals surface area contributed by atoms with Gasteiger partial charge in [0.15, 0.2) is 4.77 Å². The maximum Gasteiger partial charge on any atom is 0.262 e. The van der Waals surface area contributed by atoms with Crippen molar-refractivity contribution in [3.63, 3.8) is 0 Å². The Morgan fingerprint density at radius 2 is 1.74 bits per heavy atom. The number of aromatic amines is 1. The van der Waals surface area contributed by atoms with Crippen LogP contribution in [0.15, 0.2) is 29.1 Å². The van der Waals surface area contributed by atoms with Gasteiger partial charge in [0.2, 0.25) is 5.91 Å². The molecule has 1 saturated carbocycles. The lowest BCUT2D eigenvalue weighted by Crippen LogP contribution is -2.52. The van der Waals surface area contributed by atoms with Gasteiger partial charge in [0.1, 0.15) is 0 Å². The van der Waals surface area contributed by atoms with E-state index in [1.165, 1.54) is 32.1 Å². The highest BCUT2D eigenvalue weighted by Gasteiger charge is 2.26. The Bertz CT molecular complexity index is 1000. The van der Waals surface area contributed by atoms with Gasteiger partial charge in [-0.25, -0.2) is 0 Å². The quantitative estimate of drug-likeness (QED) is 0.518. The topological polar surface area (TPSA) is 61.3 Å². The maximum atomic E-state index is 12.7. The molecule has 1 amide bonds. The van der Waals surface area contributed by atoms with Crippen LogP contribution in [0.25, 0.3) is 10.9 Å². The predicted octanol–water partition coefficient (Wildman–Crippen LogP) is 4.10. The van der Waals surface area contributed by atoms with E-state index in [-0.39, 0.29) is 11.5 Å². The molecule has 2 aromatic rings. The second-order valence-electron chi connectivity index (χ2n) is 8.95. The zero-order valence-corrected chi connectivity index (χ0v) is 19.2. The third kappa shape index (κ3) is 5.44. The number of nitrogens with one attached hydrogen (secondary N) is 1. The lowest BCUT2D eigenvalue weighted by Gasteiger charge is -2.40. The summed E-state index contributed by atoms with van der Waals surface area (Å²) in [6.07, 6.45) is 10.00. The molecular weight excluding hydrogens is 408 g/mol. The van der Waals surface area contributed by atoms with Gasteiger partial charge in [-0.05, 0) is 50.0 Å². The maximum absolute atomic E-state index is 12.7. The van der Waals surface area contributed by atoms with Gasteiger partial charge in [-0.15, -0.1) is 0 Å². The molecule has 1 aromatic carbocycles. The van der Waals surface area contributed by atoms with E-state index >= 15 is 0 Å². The molecule has 2 aliphatic rings. The van der Waals surface area contributed by atoms with E-state index in [0.717, 1.165) is 57.0 Å². The Kier molecular flexibility index (Phi) is 7.56. The average Bonchev–Trinajstić information content (AvgIpc) is 2.81. The minimum atomic E-state index is -0.0359. The Morgan fingerprint density at radius 1 is 1.00 bits per heavy atom. The van der Waals surface area contributed by atoms with Crippen molar-refractivity contribution in [3.8, 4) is 0 Å². The van der Waals surface area contributed by atoms with Gasteiger partial charge < -0.3 is 9.88 Å². The Hall–Kier alpha value is -1.99. The molecule has 0 radical (unpaired) electrons. The SMILES string of the molecule is O=C(CCCCCn1c(=S)[nH]c2ccccc2c1=O)N1CCN(C2CCCCC2)CC1. The summed E-state index contributed by atoms with van der Waals surface area (Å²) in [5.74, 6) is 0.281. The average molecular weight is 443 g/mol. The first kappa shape index (κ1) is 22.2. The minimum Gasteiger partial charge on any atom is -0.340 e. The molecule has 1 saturated heterocycles. The van der Waals surface area contributed by atoms with Gasteiger partial charge in [-0.1, -0.05) is 37.8 Å². The molecule has 0 bridgehead atoms. The number of aromatic nitrogens is 2. The lowest BCUT2D eigenvalue weighted by atomic mass is 9.94. The van der Waals surface area contributed by atoms with Crippen molar-refractivity contribution in [2.24, 2.45) is 0 Å². The summed E-state index contributed by atoms with van der Waals surface area (Å²) in [6, 6.07) is 8.20. The van der Waals surface area contributed by atoms with Gasteiger partial charge in [-0.2, -0.15) is 0 Å². The number of para-hydroxylation sites is 1. The van der Waals surface area contributed by atoms with E-state index in [4.69, 9.17) is 12.2 Å². The standard InChI is InChI=1S/C24H34N4O2S/c29-22(27-17-15-26(16-18-27)19-9-3-1-4-10-19)13-5-2-8-14-28-23(30)20-11-6-7-12-21(20)25-24(28)31/h6-7,11-12,19H,1-5,8-10,13-18H2,(H,25,31). The van der Waals surface area contributed by atoms with E-state index in [2.05, 4.69) is 9.88 Å². The van der Waals surface area contributed by atoms with E-state index < -0.39 is 0 Å². The molecule has 1 N–H and O–H groups in total. The van der Waals surface area contributed by atoms with E-state index in [9.17, 15) is 9.59 Å². The van der Waals surface area contributed by atoms with Crippen LogP contribution in [-0.2, 0) is 11.3 Å². The summed E-state index contributed by atoms with van der Waals surface area (Å²) in [6.45, 7) is 4.39. The number of nitrogens with zero attached hydrogens (tertiary/aromatic N) is 3. The third-order valence-electron chi connectivity index (χ3n) is 6.92. The van der Waals surface area contributed by atoms with E-state index in [1.807, 2.05) is 29.2 Å². The molecule has 7 heteroatoms. The number of carbonyl (C=O) groups is 1. The van der Waals surface area contributed by atoms with Crippen molar-refractivity contribution in [1.82, 2.24) is 19.4 Å². The van der Waals surface area contributed by atoms with Crippen molar-refractivity contribution in [2.45, 2.75) is 70.4 Å². The number of unbranched alkanes of at least 4 members (excludes halogenated alkanes) is 2. The van der Waals surface area contributed by atoms with Crippen molar-refractivity contribution >= 4 is 29.0 Å². The molecule has 168 valence electrons. The van der Waals surface area contributed by atoms with Crippen molar-refractivity contribution in [2.75, 3.05) is 26.2 Å². The first-order valence-electron chi connectivity index (χ1n) is 11.9. The molecule has 2 fully saturated rings. The molecule has 1 aliphatic heterocycles. The van der Waals surface area contributed by atoms with Gasteiger partial charge in [-0.3, -0.25) is 19.1 Å². The summed E-state index contributed by atoms with van der Waals surface area (Å²) in [5.41, 5.74) is 0.745. The second kappa shape index (κ2) is 10.6. The molecule has 31 heavy (non-hydrogen) atoms. The highest BCUT2D eigenvalue weighted by Crippen LogP contribution is 2.23. The molecule has 4 rings (SSSR count). The number of fused-ring (bicyclic) bond motifs is 1. The van der Waals surface area contributed by atoms with Crippen molar-refractivity contribution in [1.29, 1.82) is 0 Å². The van der Waals surface area contributed by atoms with Gasteiger partial charge in [0.05, 0.1) is 10.9 Å². The van der Waals surface area contributed by atoms with E-state index in [0.29, 0.717) is 23.1 Å². The number of benzene rings is 1. The van der Waals surface area contributed by atoms with Crippen LogP contribution < -0.4 is 5.56 Å².